The average molecular weight is 602 g/mol. The maximum atomic E-state index is 13.9. The highest BCUT2D eigenvalue weighted by atomic mass is 32.2. The highest BCUT2D eigenvalue weighted by Crippen LogP contribution is 2.43. The number of ether oxygens (including phenoxy) is 3. The third-order valence-electron chi connectivity index (χ3n) is 8.04. The van der Waals surface area contributed by atoms with E-state index < -0.39 is 62.3 Å². The molecule has 0 aromatic heterocycles. The number of rotatable bonds is 19. The fraction of sp³-hybridized carbons (Fsp3) is 0.714. The molecule has 0 saturated carbocycles. The number of nitro benzene ring substituents is 1. The molecule has 1 aliphatic heterocycles. The summed E-state index contributed by atoms with van der Waals surface area (Å²) in [4.78, 5) is 37.6. The summed E-state index contributed by atoms with van der Waals surface area (Å²) in [5.41, 5.74) is -0.551. The van der Waals surface area contributed by atoms with Crippen LogP contribution in [0.25, 0.3) is 0 Å². The molecular formula is C28H43NO11S. The van der Waals surface area contributed by atoms with Gasteiger partial charge in [0.05, 0.1) is 22.5 Å². The lowest BCUT2D eigenvalue weighted by Gasteiger charge is -2.37. The molecule has 1 heterocycles. The van der Waals surface area contributed by atoms with E-state index in [1.165, 1.54) is 6.07 Å². The topological polar surface area (TPSA) is 180 Å². The van der Waals surface area contributed by atoms with Gasteiger partial charge >= 0.3 is 11.9 Å². The van der Waals surface area contributed by atoms with Crippen molar-refractivity contribution in [2.75, 3.05) is 6.79 Å². The third-order valence-corrected chi connectivity index (χ3v) is 9.58. The lowest BCUT2D eigenvalue weighted by atomic mass is 9.75. The summed E-state index contributed by atoms with van der Waals surface area (Å²) in [6, 6.07) is 2.37. The minimum absolute atomic E-state index is 0.101. The van der Waals surface area contributed by atoms with Gasteiger partial charge in [-0.05, 0) is 30.7 Å². The number of fused-ring (bicyclic) bond motifs is 1. The number of carbonyl (C=O) groups is 2. The van der Waals surface area contributed by atoms with Crippen LogP contribution in [0.15, 0.2) is 12.1 Å². The Hall–Kier alpha value is -2.93. The number of esters is 1. The van der Waals surface area contributed by atoms with Crippen LogP contribution >= 0.6 is 0 Å². The van der Waals surface area contributed by atoms with Gasteiger partial charge in [0.1, 0.15) is 6.61 Å². The molecule has 41 heavy (non-hydrogen) atoms. The monoisotopic (exact) mass is 601 g/mol. The van der Waals surface area contributed by atoms with E-state index >= 15 is 0 Å². The lowest BCUT2D eigenvalue weighted by molar-refractivity contribution is -0.385. The van der Waals surface area contributed by atoms with Gasteiger partial charge in [0.25, 0.3) is 15.8 Å². The van der Waals surface area contributed by atoms with E-state index in [4.69, 9.17) is 14.2 Å². The second kappa shape index (κ2) is 15.3. The number of carboxylic acids is 1. The van der Waals surface area contributed by atoms with E-state index in [2.05, 4.69) is 0 Å². The predicted octanol–water partition coefficient (Wildman–Crippen LogP) is 5.91. The van der Waals surface area contributed by atoms with E-state index in [0.717, 1.165) is 25.3 Å². The quantitative estimate of drug-likeness (QED) is 0.0833. The summed E-state index contributed by atoms with van der Waals surface area (Å²) in [6.07, 6.45) is 4.68. The molecule has 0 spiro atoms. The van der Waals surface area contributed by atoms with Gasteiger partial charge in [-0.3, -0.25) is 24.3 Å². The zero-order valence-corrected chi connectivity index (χ0v) is 25.1. The minimum atomic E-state index is -5.35. The molecule has 232 valence electrons. The Bertz CT molecular complexity index is 1170. The van der Waals surface area contributed by atoms with Crippen molar-refractivity contribution >= 4 is 27.7 Å². The fourth-order valence-corrected chi connectivity index (χ4v) is 6.73. The Balaban J connectivity index is 2.61. The van der Waals surface area contributed by atoms with Gasteiger partial charge in [0, 0.05) is 0 Å². The van der Waals surface area contributed by atoms with Gasteiger partial charge in [-0.2, -0.15) is 8.42 Å². The van der Waals surface area contributed by atoms with Crippen molar-refractivity contribution in [3.8, 4) is 11.5 Å². The molecule has 0 saturated heterocycles. The van der Waals surface area contributed by atoms with Crippen LogP contribution in [0.5, 0.6) is 11.5 Å². The molecule has 4 atom stereocenters. The first kappa shape index (κ1) is 34.3. The van der Waals surface area contributed by atoms with E-state index in [1.54, 1.807) is 0 Å². The van der Waals surface area contributed by atoms with E-state index in [0.29, 0.717) is 32.1 Å². The first-order valence-electron chi connectivity index (χ1n) is 14.3. The number of unbranched alkanes of at least 4 members (excludes halogenated alkanes) is 2. The summed E-state index contributed by atoms with van der Waals surface area (Å²) in [5.74, 6) is -5.08. The first-order valence-corrected chi connectivity index (χ1v) is 15.7. The van der Waals surface area contributed by atoms with Crippen LogP contribution in [0.3, 0.4) is 0 Å². The summed E-state index contributed by atoms with van der Waals surface area (Å²) >= 11 is 0. The number of aliphatic carboxylic acids is 1. The molecule has 1 aromatic carbocycles. The Morgan fingerprint density at radius 3 is 2.10 bits per heavy atom. The minimum Gasteiger partial charge on any atom is -0.481 e. The number of carboxylic acid groups (broad SMARTS) is 1. The van der Waals surface area contributed by atoms with E-state index in [1.807, 2.05) is 27.7 Å². The highest BCUT2D eigenvalue weighted by molar-refractivity contribution is 7.88. The molecule has 0 amide bonds. The predicted molar refractivity (Wildman–Crippen MR) is 150 cm³/mol. The molecule has 0 aliphatic carbocycles. The Kier molecular flexibility index (Phi) is 12.8. The van der Waals surface area contributed by atoms with Gasteiger partial charge in [0.15, 0.2) is 11.5 Å². The summed E-state index contributed by atoms with van der Waals surface area (Å²) in [5, 5.41) is 22.1. The van der Waals surface area contributed by atoms with Crippen LogP contribution in [0.1, 0.15) is 97.5 Å². The van der Waals surface area contributed by atoms with Crippen LogP contribution < -0.4 is 9.47 Å². The Labute approximate surface area is 241 Å². The zero-order valence-electron chi connectivity index (χ0n) is 24.3. The first-order chi connectivity index (χ1) is 19.4. The lowest BCUT2D eigenvalue weighted by Crippen LogP contribution is -2.57. The number of benzene rings is 1. The molecular weight excluding hydrogens is 558 g/mol. The zero-order chi connectivity index (χ0) is 30.8. The molecule has 1 aromatic rings. The summed E-state index contributed by atoms with van der Waals surface area (Å²) < 4.78 is 50.2. The number of nitrogens with zero attached hydrogens (tertiary/aromatic N) is 1. The molecule has 2 N–H and O–H groups in total. The van der Waals surface area contributed by atoms with Crippen molar-refractivity contribution in [1.82, 2.24) is 0 Å². The Morgan fingerprint density at radius 1 is 1.05 bits per heavy atom. The molecule has 0 fully saturated rings. The smallest absolute Gasteiger partial charge is 0.331 e. The van der Waals surface area contributed by atoms with Crippen LogP contribution in [0, 0.1) is 27.9 Å². The number of nitro groups is 1. The average Bonchev–Trinajstić information content (AvgIpc) is 3.38. The van der Waals surface area contributed by atoms with Crippen molar-refractivity contribution < 1.29 is 46.8 Å². The largest absolute Gasteiger partial charge is 0.481 e. The molecule has 0 radical (unpaired) electrons. The number of carbonyl (C=O) groups excluding carboxylic acids is 1. The van der Waals surface area contributed by atoms with Gasteiger partial charge in [-0.25, -0.2) is 0 Å². The van der Waals surface area contributed by atoms with Crippen LogP contribution in [-0.4, -0.2) is 46.5 Å². The molecule has 1 aliphatic rings. The van der Waals surface area contributed by atoms with Gasteiger partial charge in [-0.1, -0.05) is 79.1 Å². The second-order valence-electron chi connectivity index (χ2n) is 10.7. The van der Waals surface area contributed by atoms with Crippen molar-refractivity contribution in [3.05, 3.63) is 27.8 Å². The molecule has 0 bridgehead atoms. The van der Waals surface area contributed by atoms with Crippen molar-refractivity contribution in [1.29, 1.82) is 0 Å². The number of hydrogen-bond donors (Lipinski definition) is 2. The van der Waals surface area contributed by atoms with Crippen molar-refractivity contribution in [2.24, 2.45) is 17.8 Å². The summed E-state index contributed by atoms with van der Waals surface area (Å²) in [6.45, 7) is 6.71. The number of hydrogen-bond acceptors (Lipinski definition) is 9. The second-order valence-corrected chi connectivity index (χ2v) is 12.4. The third kappa shape index (κ3) is 8.31. The van der Waals surface area contributed by atoms with Gasteiger partial charge < -0.3 is 19.3 Å². The maximum absolute atomic E-state index is 13.9. The van der Waals surface area contributed by atoms with Gasteiger partial charge in [0.2, 0.25) is 11.5 Å². The van der Waals surface area contributed by atoms with Gasteiger partial charge in [-0.15, -0.1) is 0 Å². The fourth-order valence-electron chi connectivity index (χ4n) is 5.46. The van der Waals surface area contributed by atoms with Crippen molar-refractivity contribution in [3.63, 3.8) is 0 Å². The van der Waals surface area contributed by atoms with E-state index in [9.17, 15) is 37.8 Å². The SMILES string of the molecule is CCCCC(CC)CC(C(=O)O)C(CC(CC)CCCC)(C(=O)OCc1cc2c(cc1[N+](=O)[O-])OCO2)S(=O)(=O)O. The van der Waals surface area contributed by atoms with E-state index in [-0.39, 0.29) is 36.2 Å². The molecule has 13 heteroatoms. The van der Waals surface area contributed by atoms with Crippen LogP contribution in [0.2, 0.25) is 0 Å². The molecule has 12 nitrogen and oxygen atoms in total. The normalized spacial score (nSPS) is 16.4. The molecule has 4 unspecified atom stereocenters. The Morgan fingerprint density at radius 2 is 1.61 bits per heavy atom. The summed E-state index contributed by atoms with van der Waals surface area (Å²) in [7, 11) is -5.35. The maximum Gasteiger partial charge on any atom is 0.331 e. The van der Waals surface area contributed by atoms with Crippen LogP contribution in [0.4, 0.5) is 5.69 Å². The standard InChI is InChI=1S/C28H43NO11S/c1-5-9-11-19(7-3)13-22(26(30)31)28(41(35,36)37,16-20(8-4)12-10-6-2)27(32)38-17-21-14-24-25(40-18-39-24)15-23(21)29(33)34/h14-15,19-20,22H,5-13,16-18H2,1-4H3,(H,30,31)(H,35,36,37). The molecule has 2 rings (SSSR count). The van der Waals surface area contributed by atoms with Crippen molar-refractivity contribution in [2.45, 2.75) is 103 Å². The van der Waals surface area contributed by atoms with Crippen LogP contribution in [-0.2, 0) is 31.1 Å². The highest BCUT2D eigenvalue weighted by Gasteiger charge is 2.61.